The number of rotatable bonds is 1. The predicted octanol–water partition coefficient (Wildman–Crippen LogP) is 3.71. The summed E-state index contributed by atoms with van der Waals surface area (Å²) in [6, 6.07) is 6.75. The highest BCUT2D eigenvalue weighted by Gasteiger charge is 2.08. The maximum absolute atomic E-state index is 10.3. The lowest BCUT2D eigenvalue weighted by Crippen LogP contribution is -1.94. The molecule has 0 radical (unpaired) electrons. The van der Waals surface area contributed by atoms with Crippen molar-refractivity contribution in [2.45, 2.75) is 13.8 Å². The molecule has 1 fully saturated rings. The number of hydrogen-bond acceptors (Lipinski definition) is 3. The quantitative estimate of drug-likeness (QED) is 0.777. The average Bonchev–Trinajstić information content (AvgIpc) is 2.71. The Morgan fingerprint density at radius 3 is 2.06 bits per heavy atom. The third-order valence-electron chi connectivity index (χ3n) is 2.09. The second-order valence-electron chi connectivity index (χ2n) is 3.85. The lowest BCUT2D eigenvalue weighted by Gasteiger charge is -1.92. The molecule has 0 spiro atoms. The summed E-state index contributed by atoms with van der Waals surface area (Å²) in [6.07, 6.45) is 0. The van der Waals surface area contributed by atoms with Crippen LogP contribution in [0.15, 0.2) is 24.3 Å². The minimum Gasteiger partial charge on any atom is -0.478 e. The van der Waals surface area contributed by atoms with Crippen molar-refractivity contribution in [3.05, 3.63) is 35.4 Å². The van der Waals surface area contributed by atoms with Crippen LogP contribution in [0.25, 0.3) is 0 Å². The number of benzene rings is 1. The van der Waals surface area contributed by atoms with E-state index in [2.05, 4.69) is 6.92 Å². The summed E-state index contributed by atoms with van der Waals surface area (Å²) in [5.41, 5.74) is 1.41. The summed E-state index contributed by atoms with van der Waals surface area (Å²) >= 11 is 0. The van der Waals surface area contributed by atoms with E-state index < -0.39 is 5.97 Å². The molecule has 1 aromatic carbocycles. The smallest absolute Gasteiger partial charge is 0.335 e. The van der Waals surface area contributed by atoms with Crippen LogP contribution in [0.5, 0.6) is 0 Å². The molecule has 0 unspecified atom stereocenters. The van der Waals surface area contributed by atoms with Crippen LogP contribution in [-0.4, -0.2) is 22.6 Å². The van der Waals surface area contributed by atoms with Gasteiger partial charge in [-0.15, -0.1) is 0 Å². The number of hydrogen-bond donors (Lipinski definition) is 1. The van der Waals surface area contributed by atoms with Gasteiger partial charge in [0.05, 0.1) is 5.56 Å². The predicted molar refractivity (Wildman–Crippen MR) is 72.2 cm³/mol. The van der Waals surface area contributed by atoms with E-state index in [-0.39, 0.29) is 0 Å². The Labute approximate surface area is 104 Å². The zero-order chi connectivity index (χ0) is 12.0. The normalized spacial score (nSPS) is 15.4. The minimum absolute atomic E-state index is 0.339. The zero-order valence-electron chi connectivity index (χ0n) is 9.47. The molecule has 1 aromatic rings. The van der Waals surface area contributed by atoms with Crippen molar-refractivity contribution in [1.29, 1.82) is 0 Å². The van der Waals surface area contributed by atoms with Gasteiger partial charge >= 0.3 is 5.97 Å². The third kappa shape index (κ3) is 4.94. The van der Waals surface area contributed by atoms with Gasteiger partial charge in [-0.05, 0) is 25.0 Å². The second-order valence-corrected chi connectivity index (χ2v) is 6.40. The summed E-state index contributed by atoms with van der Waals surface area (Å²) in [4.78, 5) is 10.3. The van der Waals surface area contributed by atoms with E-state index in [0.717, 1.165) is 11.5 Å². The Morgan fingerprint density at radius 2 is 1.75 bits per heavy atom. The van der Waals surface area contributed by atoms with Gasteiger partial charge in [-0.3, -0.25) is 0 Å². The van der Waals surface area contributed by atoms with Crippen LogP contribution in [0.4, 0.5) is 0 Å². The second kappa shape index (κ2) is 6.86. The van der Waals surface area contributed by atoms with Crippen molar-refractivity contribution >= 4 is 27.6 Å². The van der Waals surface area contributed by atoms with Crippen LogP contribution in [0.1, 0.15) is 22.8 Å². The van der Waals surface area contributed by atoms with Gasteiger partial charge in [0, 0.05) is 11.5 Å². The van der Waals surface area contributed by atoms with Crippen molar-refractivity contribution in [2.24, 2.45) is 5.92 Å². The topological polar surface area (TPSA) is 37.3 Å². The Balaban J connectivity index is 0.000000181. The molecule has 1 heterocycles. The lowest BCUT2D eigenvalue weighted by molar-refractivity contribution is 0.0697. The molecule has 0 atom stereocenters. The van der Waals surface area contributed by atoms with Crippen LogP contribution in [-0.2, 0) is 0 Å². The highest BCUT2D eigenvalue weighted by atomic mass is 33.1. The first-order valence-electron chi connectivity index (χ1n) is 5.14. The van der Waals surface area contributed by atoms with E-state index in [1.165, 1.54) is 11.5 Å². The summed E-state index contributed by atoms with van der Waals surface area (Å²) in [7, 11) is 4.00. The Hall–Kier alpha value is -0.610. The Bertz CT molecular complexity index is 329. The van der Waals surface area contributed by atoms with Crippen LogP contribution >= 0.6 is 21.6 Å². The molecule has 1 saturated heterocycles. The zero-order valence-corrected chi connectivity index (χ0v) is 11.1. The van der Waals surface area contributed by atoms with Gasteiger partial charge in [0.25, 0.3) is 0 Å². The number of carboxylic acid groups (broad SMARTS) is 1. The van der Waals surface area contributed by atoms with E-state index in [0.29, 0.717) is 5.56 Å². The standard InChI is InChI=1S/C8H8O2.C4H8S2/c1-6-2-4-7(5-3-6)8(9)10;1-4-2-5-6-3-4/h2-5H,1H3,(H,9,10);4H,2-3H2,1H3. The van der Waals surface area contributed by atoms with Gasteiger partial charge in [-0.1, -0.05) is 46.2 Å². The van der Waals surface area contributed by atoms with Crippen molar-refractivity contribution in [3.63, 3.8) is 0 Å². The van der Waals surface area contributed by atoms with Crippen molar-refractivity contribution in [3.8, 4) is 0 Å². The van der Waals surface area contributed by atoms with Gasteiger partial charge in [-0.25, -0.2) is 4.79 Å². The fourth-order valence-corrected chi connectivity index (χ4v) is 4.09. The lowest BCUT2D eigenvalue weighted by atomic mass is 10.2. The van der Waals surface area contributed by atoms with Crippen LogP contribution in [0.3, 0.4) is 0 Å². The molecular weight excluding hydrogens is 240 g/mol. The summed E-state index contributed by atoms with van der Waals surface area (Å²) in [5, 5.41) is 8.48. The van der Waals surface area contributed by atoms with Gasteiger partial charge in [0.1, 0.15) is 0 Å². The van der Waals surface area contributed by atoms with E-state index >= 15 is 0 Å². The Kier molecular flexibility index (Phi) is 5.77. The fraction of sp³-hybridized carbons (Fsp3) is 0.417. The van der Waals surface area contributed by atoms with Gasteiger partial charge in [-0.2, -0.15) is 0 Å². The summed E-state index contributed by atoms with van der Waals surface area (Å²) < 4.78 is 0. The maximum atomic E-state index is 10.3. The molecule has 1 aliphatic heterocycles. The van der Waals surface area contributed by atoms with Crippen molar-refractivity contribution in [2.75, 3.05) is 11.5 Å². The molecule has 0 bridgehead atoms. The highest BCUT2D eigenvalue weighted by Crippen LogP contribution is 2.33. The molecule has 2 nitrogen and oxygen atoms in total. The van der Waals surface area contributed by atoms with Crippen molar-refractivity contribution < 1.29 is 9.90 Å². The highest BCUT2D eigenvalue weighted by molar-refractivity contribution is 8.77. The fourth-order valence-electron chi connectivity index (χ4n) is 1.07. The molecule has 4 heteroatoms. The molecular formula is C12H16O2S2. The van der Waals surface area contributed by atoms with Gasteiger partial charge < -0.3 is 5.11 Å². The number of aromatic carboxylic acids is 1. The third-order valence-corrected chi connectivity index (χ3v) is 4.98. The summed E-state index contributed by atoms with van der Waals surface area (Å²) in [6.45, 7) is 4.22. The van der Waals surface area contributed by atoms with Crippen LogP contribution in [0.2, 0.25) is 0 Å². The molecule has 88 valence electrons. The molecule has 0 aliphatic carbocycles. The molecule has 16 heavy (non-hydrogen) atoms. The molecule has 0 amide bonds. The van der Waals surface area contributed by atoms with Gasteiger partial charge in [0.15, 0.2) is 0 Å². The van der Waals surface area contributed by atoms with Crippen molar-refractivity contribution in [1.82, 2.24) is 0 Å². The van der Waals surface area contributed by atoms with E-state index in [1.807, 2.05) is 28.5 Å². The number of aryl methyl sites for hydroxylation is 1. The average molecular weight is 256 g/mol. The monoisotopic (exact) mass is 256 g/mol. The summed E-state index contributed by atoms with van der Waals surface area (Å²) in [5.74, 6) is 2.83. The van der Waals surface area contributed by atoms with Crippen LogP contribution in [0, 0.1) is 12.8 Å². The first-order chi connectivity index (χ1) is 7.59. The first-order valence-corrected chi connectivity index (χ1v) is 7.62. The molecule has 1 N–H and O–H groups in total. The van der Waals surface area contributed by atoms with Crippen LogP contribution < -0.4 is 0 Å². The van der Waals surface area contributed by atoms with E-state index in [9.17, 15) is 4.79 Å². The maximum Gasteiger partial charge on any atom is 0.335 e. The number of carbonyl (C=O) groups is 1. The minimum atomic E-state index is -0.875. The SMILES string of the molecule is CC1CSSC1.Cc1ccc(C(=O)O)cc1. The Morgan fingerprint density at radius 1 is 1.25 bits per heavy atom. The van der Waals surface area contributed by atoms with Gasteiger partial charge in [0.2, 0.25) is 0 Å². The molecule has 0 saturated carbocycles. The number of carboxylic acids is 1. The van der Waals surface area contributed by atoms with E-state index in [4.69, 9.17) is 5.11 Å². The van der Waals surface area contributed by atoms with E-state index in [1.54, 1.807) is 24.3 Å². The molecule has 0 aromatic heterocycles. The molecule has 1 aliphatic rings. The molecule has 2 rings (SSSR count). The largest absolute Gasteiger partial charge is 0.478 e. The first kappa shape index (κ1) is 13.5.